The summed E-state index contributed by atoms with van der Waals surface area (Å²) in [5.74, 6) is -0.639. The van der Waals surface area contributed by atoms with Gasteiger partial charge < -0.3 is 10.4 Å². The molecule has 5 rings (SSSR count). The number of fused-ring (bicyclic) bond motifs is 1. The van der Waals surface area contributed by atoms with Crippen molar-refractivity contribution in [3.8, 4) is 16.9 Å². The van der Waals surface area contributed by atoms with Crippen LogP contribution in [0.5, 0.6) is 0 Å². The van der Waals surface area contributed by atoms with Crippen LogP contribution >= 0.6 is 0 Å². The molecule has 0 atom stereocenters. The van der Waals surface area contributed by atoms with Crippen LogP contribution in [0.2, 0.25) is 0 Å². The van der Waals surface area contributed by atoms with E-state index in [-0.39, 0.29) is 5.92 Å². The van der Waals surface area contributed by atoms with Crippen molar-refractivity contribution < 1.29 is 9.90 Å². The Morgan fingerprint density at radius 3 is 2.53 bits per heavy atom. The second-order valence-corrected chi connectivity index (χ2v) is 8.63. The highest BCUT2D eigenvalue weighted by molar-refractivity contribution is 5.90. The largest absolute Gasteiger partial charge is 0.478 e. The highest BCUT2D eigenvalue weighted by atomic mass is 16.4. The quantitative estimate of drug-likeness (QED) is 0.487. The molecule has 2 aromatic heterocycles. The Morgan fingerprint density at radius 1 is 1.06 bits per heavy atom. The second-order valence-electron chi connectivity index (χ2n) is 8.63. The minimum Gasteiger partial charge on any atom is -0.478 e. The van der Waals surface area contributed by atoms with Gasteiger partial charge in [-0.3, -0.25) is 9.55 Å². The van der Waals surface area contributed by atoms with Crippen molar-refractivity contribution in [2.24, 2.45) is 0 Å². The van der Waals surface area contributed by atoms with Crippen molar-refractivity contribution in [2.45, 2.75) is 32.6 Å². The fourth-order valence-electron chi connectivity index (χ4n) is 4.73. The van der Waals surface area contributed by atoms with Gasteiger partial charge in [-0.15, -0.1) is 0 Å². The predicted molar refractivity (Wildman–Crippen MR) is 126 cm³/mol. The number of hydrogen-bond donors (Lipinski definition) is 2. The second kappa shape index (κ2) is 8.20. The lowest BCUT2D eigenvalue weighted by Crippen LogP contribution is -2.27. The number of nitrogens with zero attached hydrogens (tertiary/aromatic N) is 3. The van der Waals surface area contributed by atoms with Gasteiger partial charge in [-0.25, -0.2) is 9.78 Å². The van der Waals surface area contributed by atoms with Gasteiger partial charge >= 0.3 is 5.97 Å². The van der Waals surface area contributed by atoms with Crippen LogP contribution in [0.1, 0.15) is 45.8 Å². The van der Waals surface area contributed by atoms with E-state index in [4.69, 9.17) is 4.98 Å². The zero-order valence-electron chi connectivity index (χ0n) is 18.3. The first-order chi connectivity index (χ1) is 15.5. The Hall–Kier alpha value is -3.51. The molecular weight excluding hydrogens is 400 g/mol. The molecule has 6 nitrogen and oxygen atoms in total. The lowest BCUT2D eigenvalue weighted by Gasteiger charge is -2.25. The van der Waals surface area contributed by atoms with Crippen molar-refractivity contribution in [2.75, 3.05) is 13.1 Å². The Bertz CT molecular complexity index is 1300. The van der Waals surface area contributed by atoms with Gasteiger partial charge in [0, 0.05) is 17.4 Å². The van der Waals surface area contributed by atoms with E-state index in [1.54, 1.807) is 6.07 Å². The van der Waals surface area contributed by atoms with E-state index >= 15 is 0 Å². The van der Waals surface area contributed by atoms with Crippen molar-refractivity contribution >= 4 is 17.1 Å². The van der Waals surface area contributed by atoms with Gasteiger partial charge in [0.1, 0.15) is 5.52 Å². The van der Waals surface area contributed by atoms with Crippen molar-refractivity contribution in [3.05, 3.63) is 77.1 Å². The first-order valence-corrected chi connectivity index (χ1v) is 11.0. The first kappa shape index (κ1) is 20.4. The zero-order chi connectivity index (χ0) is 22.2. The van der Waals surface area contributed by atoms with E-state index in [1.165, 1.54) is 11.1 Å². The lowest BCUT2D eigenvalue weighted by atomic mass is 9.86. The third-order valence-electron chi connectivity index (χ3n) is 6.23. The molecule has 162 valence electrons. The molecule has 1 fully saturated rings. The molecule has 6 heteroatoms. The fraction of sp³-hybridized carbons (Fsp3) is 0.269. The van der Waals surface area contributed by atoms with Gasteiger partial charge in [0.15, 0.2) is 5.65 Å². The number of rotatable bonds is 4. The molecule has 0 aliphatic carbocycles. The summed E-state index contributed by atoms with van der Waals surface area (Å²) in [5, 5.41) is 13.1. The summed E-state index contributed by atoms with van der Waals surface area (Å²) in [6.07, 6.45) is 5.65. The maximum absolute atomic E-state index is 11.9. The summed E-state index contributed by atoms with van der Waals surface area (Å²) in [6, 6.07) is 13.9. The van der Waals surface area contributed by atoms with Gasteiger partial charge in [0.2, 0.25) is 0 Å². The van der Waals surface area contributed by atoms with Crippen LogP contribution in [0, 0.1) is 13.8 Å². The third kappa shape index (κ3) is 3.78. The van der Waals surface area contributed by atoms with E-state index in [9.17, 15) is 9.90 Å². The summed E-state index contributed by atoms with van der Waals surface area (Å²) in [7, 11) is 0. The molecule has 0 saturated carbocycles. The summed E-state index contributed by atoms with van der Waals surface area (Å²) >= 11 is 0. The minimum absolute atomic E-state index is 0.237. The number of carbonyl (C=O) groups is 1. The molecule has 32 heavy (non-hydrogen) atoms. The summed E-state index contributed by atoms with van der Waals surface area (Å²) < 4.78 is 2.00. The average molecular weight is 427 g/mol. The molecule has 0 unspecified atom stereocenters. The molecule has 2 aromatic carbocycles. The molecule has 1 saturated heterocycles. The Labute approximate surface area is 187 Å². The number of hydrogen-bond acceptors (Lipinski definition) is 4. The summed E-state index contributed by atoms with van der Waals surface area (Å²) in [4.78, 5) is 21.5. The lowest BCUT2D eigenvalue weighted by molar-refractivity contribution is 0.0695. The Balaban J connectivity index is 1.62. The number of piperidine rings is 1. The smallest absolute Gasteiger partial charge is 0.335 e. The number of benzene rings is 2. The molecule has 2 N–H and O–H groups in total. The summed E-state index contributed by atoms with van der Waals surface area (Å²) in [6.45, 7) is 5.98. The van der Waals surface area contributed by atoms with E-state index in [0.717, 1.165) is 59.6 Å². The number of aromatic nitrogens is 3. The van der Waals surface area contributed by atoms with Gasteiger partial charge in [-0.1, -0.05) is 17.2 Å². The van der Waals surface area contributed by atoms with E-state index in [1.807, 2.05) is 35.2 Å². The van der Waals surface area contributed by atoms with Gasteiger partial charge in [0.25, 0.3) is 0 Å². The van der Waals surface area contributed by atoms with E-state index in [0.29, 0.717) is 5.56 Å². The molecular formula is C26H26N4O2. The Kier molecular flexibility index (Phi) is 5.23. The van der Waals surface area contributed by atoms with Crippen LogP contribution in [-0.4, -0.2) is 38.7 Å². The fourth-order valence-corrected chi connectivity index (χ4v) is 4.73. The molecule has 0 radical (unpaired) electrons. The molecule has 0 spiro atoms. The molecule has 1 aliphatic heterocycles. The Morgan fingerprint density at radius 2 is 1.81 bits per heavy atom. The van der Waals surface area contributed by atoms with Crippen molar-refractivity contribution in [3.63, 3.8) is 0 Å². The van der Waals surface area contributed by atoms with Crippen LogP contribution in [-0.2, 0) is 0 Å². The summed E-state index contributed by atoms with van der Waals surface area (Å²) in [5.41, 5.74) is 8.01. The maximum atomic E-state index is 11.9. The van der Waals surface area contributed by atoms with Gasteiger partial charge in [-0.05, 0) is 87.7 Å². The monoisotopic (exact) mass is 426 g/mol. The molecule has 1 aliphatic rings. The molecule has 0 bridgehead atoms. The molecule has 4 aromatic rings. The number of nitrogens with one attached hydrogen (secondary N) is 1. The maximum Gasteiger partial charge on any atom is 0.335 e. The minimum atomic E-state index is -0.876. The van der Waals surface area contributed by atoms with Crippen molar-refractivity contribution in [1.29, 1.82) is 0 Å². The van der Waals surface area contributed by atoms with Crippen LogP contribution < -0.4 is 5.32 Å². The SMILES string of the molecule is Cc1cc(C)cc(-c2cnc3ccn(-c4ccc(C(=O)O)c(C5CCNCC5)c4)c3n2)c1. The van der Waals surface area contributed by atoms with Gasteiger partial charge in [-0.2, -0.15) is 0 Å². The highest BCUT2D eigenvalue weighted by Crippen LogP contribution is 2.31. The van der Waals surface area contributed by atoms with E-state index < -0.39 is 5.97 Å². The van der Waals surface area contributed by atoms with Crippen LogP contribution in [0.3, 0.4) is 0 Å². The standard InChI is InChI=1S/C26H26N4O2/c1-16-11-17(2)13-19(12-16)24-15-28-23-7-10-30(25(23)29-24)20-3-4-21(26(31)32)22(14-20)18-5-8-27-9-6-18/h3-4,7,10-15,18,27H,5-6,8-9H2,1-2H3,(H,31,32). The predicted octanol–water partition coefficient (Wildman–Crippen LogP) is 4.87. The van der Waals surface area contributed by atoms with Crippen LogP contribution in [0.15, 0.2) is 54.9 Å². The van der Waals surface area contributed by atoms with E-state index in [2.05, 4.69) is 42.3 Å². The molecule has 3 heterocycles. The molecule has 0 amide bonds. The normalized spacial score (nSPS) is 14.7. The number of carboxylic acid groups (broad SMARTS) is 1. The topological polar surface area (TPSA) is 80.0 Å². The average Bonchev–Trinajstić information content (AvgIpc) is 3.22. The number of aromatic carboxylic acids is 1. The van der Waals surface area contributed by atoms with Crippen LogP contribution in [0.25, 0.3) is 28.1 Å². The number of carboxylic acids is 1. The van der Waals surface area contributed by atoms with Crippen molar-refractivity contribution in [1.82, 2.24) is 19.9 Å². The zero-order valence-corrected chi connectivity index (χ0v) is 18.3. The number of aryl methyl sites for hydroxylation is 2. The first-order valence-electron chi connectivity index (χ1n) is 11.0. The third-order valence-corrected chi connectivity index (χ3v) is 6.23. The van der Waals surface area contributed by atoms with Crippen LogP contribution in [0.4, 0.5) is 0 Å². The van der Waals surface area contributed by atoms with Gasteiger partial charge in [0.05, 0.1) is 17.5 Å². The highest BCUT2D eigenvalue weighted by Gasteiger charge is 2.22.